The van der Waals surface area contributed by atoms with E-state index in [4.69, 9.17) is 4.74 Å². The molecule has 0 bridgehead atoms. The third-order valence-electron chi connectivity index (χ3n) is 3.62. The zero-order valence-electron chi connectivity index (χ0n) is 12.1. The molecule has 0 amide bonds. The van der Waals surface area contributed by atoms with E-state index in [1.165, 1.54) is 17.3 Å². The van der Waals surface area contributed by atoms with Crippen LogP contribution in [0, 0.1) is 5.41 Å². The fraction of sp³-hybridized carbons (Fsp3) is 0.400. The Morgan fingerprint density at radius 2 is 2.10 bits per heavy atom. The first-order valence-corrected chi connectivity index (χ1v) is 6.73. The highest BCUT2D eigenvalue weighted by Gasteiger charge is 2.58. The van der Waals surface area contributed by atoms with Crippen molar-refractivity contribution in [2.75, 3.05) is 0 Å². The summed E-state index contributed by atoms with van der Waals surface area (Å²) >= 11 is 0. The highest BCUT2D eigenvalue weighted by molar-refractivity contribution is 5.91. The minimum atomic E-state index is -1.61. The first-order valence-electron chi connectivity index (χ1n) is 6.73. The molecule has 0 fully saturated rings. The van der Waals surface area contributed by atoms with E-state index in [0.717, 1.165) is 0 Å². The smallest absolute Gasteiger partial charge is 0.292 e. The SMILES string of the molecule is CC(C)(C)C(=O)[C@@]1(n2cncn2)Oc2ccccc2[C@@H]1O. The molecule has 1 aliphatic rings. The number of hydrogen-bond acceptors (Lipinski definition) is 5. The van der Waals surface area contributed by atoms with Crippen LogP contribution in [0.1, 0.15) is 32.4 Å². The number of benzene rings is 1. The van der Waals surface area contributed by atoms with Crippen molar-refractivity contribution < 1.29 is 14.6 Å². The molecule has 0 saturated carbocycles. The summed E-state index contributed by atoms with van der Waals surface area (Å²) in [5.41, 5.74) is -1.75. The van der Waals surface area contributed by atoms with Crippen molar-refractivity contribution in [1.29, 1.82) is 0 Å². The van der Waals surface area contributed by atoms with Gasteiger partial charge in [0.1, 0.15) is 18.4 Å². The van der Waals surface area contributed by atoms with E-state index in [1.807, 2.05) is 0 Å². The lowest BCUT2D eigenvalue weighted by Gasteiger charge is -2.35. The molecule has 0 spiro atoms. The summed E-state index contributed by atoms with van der Waals surface area (Å²) in [5.74, 6) is 0.224. The molecule has 1 aliphatic heterocycles. The number of carbonyl (C=O) groups excluding carboxylic acids is 1. The van der Waals surface area contributed by atoms with Crippen molar-refractivity contribution in [3.63, 3.8) is 0 Å². The summed E-state index contributed by atoms with van der Waals surface area (Å²) in [4.78, 5) is 16.9. The topological polar surface area (TPSA) is 77.2 Å². The Kier molecular flexibility index (Phi) is 2.88. The van der Waals surface area contributed by atoms with Gasteiger partial charge in [-0.3, -0.25) is 4.79 Å². The number of nitrogens with zero attached hydrogens (tertiary/aromatic N) is 3. The molecule has 2 heterocycles. The van der Waals surface area contributed by atoms with E-state index in [-0.39, 0.29) is 5.78 Å². The number of Topliss-reactive ketones (excluding diaryl/α,β-unsaturated/α-hetero) is 1. The van der Waals surface area contributed by atoms with Crippen LogP contribution in [0.15, 0.2) is 36.9 Å². The van der Waals surface area contributed by atoms with Gasteiger partial charge in [0.15, 0.2) is 6.10 Å². The second-order valence-electron chi connectivity index (χ2n) is 6.16. The molecule has 6 heteroatoms. The van der Waals surface area contributed by atoms with Crippen molar-refractivity contribution in [3.8, 4) is 5.75 Å². The van der Waals surface area contributed by atoms with Crippen LogP contribution in [0.3, 0.4) is 0 Å². The molecule has 0 unspecified atom stereocenters. The predicted octanol–water partition coefficient (Wildman–Crippen LogP) is 1.67. The highest BCUT2D eigenvalue weighted by atomic mass is 16.5. The summed E-state index contributed by atoms with van der Waals surface area (Å²) in [5, 5.41) is 14.8. The van der Waals surface area contributed by atoms with Gasteiger partial charge in [-0.2, -0.15) is 5.10 Å². The molecule has 2 atom stereocenters. The third-order valence-corrected chi connectivity index (χ3v) is 3.62. The molecule has 2 aromatic rings. The molecule has 3 rings (SSSR count). The van der Waals surface area contributed by atoms with Gasteiger partial charge in [0.25, 0.3) is 5.72 Å². The fourth-order valence-corrected chi connectivity index (χ4v) is 2.60. The average molecular weight is 287 g/mol. The Morgan fingerprint density at radius 3 is 2.67 bits per heavy atom. The fourth-order valence-electron chi connectivity index (χ4n) is 2.60. The quantitative estimate of drug-likeness (QED) is 0.909. The van der Waals surface area contributed by atoms with Crippen molar-refractivity contribution in [1.82, 2.24) is 14.8 Å². The maximum Gasteiger partial charge on any atom is 0.292 e. The first-order chi connectivity index (χ1) is 9.87. The van der Waals surface area contributed by atoms with E-state index in [2.05, 4.69) is 10.1 Å². The van der Waals surface area contributed by atoms with Crippen LogP contribution in [-0.2, 0) is 10.5 Å². The van der Waals surface area contributed by atoms with Crippen LogP contribution in [0.25, 0.3) is 0 Å². The van der Waals surface area contributed by atoms with Crippen LogP contribution >= 0.6 is 0 Å². The van der Waals surface area contributed by atoms with E-state index in [0.29, 0.717) is 11.3 Å². The minimum absolute atomic E-state index is 0.260. The molecule has 0 saturated heterocycles. The molecule has 1 N–H and O–H groups in total. The van der Waals surface area contributed by atoms with Gasteiger partial charge in [-0.25, -0.2) is 9.67 Å². The molecule has 1 aromatic heterocycles. The number of fused-ring (bicyclic) bond motifs is 1. The van der Waals surface area contributed by atoms with E-state index in [1.54, 1.807) is 45.0 Å². The first kappa shape index (κ1) is 13.8. The molecule has 21 heavy (non-hydrogen) atoms. The molecule has 0 aliphatic carbocycles. The maximum atomic E-state index is 13.0. The van der Waals surface area contributed by atoms with Gasteiger partial charge in [0, 0.05) is 11.0 Å². The lowest BCUT2D eigenvalue weighted by atomic mass is 9.81. The average Bonchev–Trinajstić information content (AvgIpc) is 3.05. The van der Waals surface area contributed by atoms with Gasteiger partial charge in [0.2, 0.25) is 5.78 Å². The number of ketones is 1. The van der Waals surface area contributed by atoms with Gasteiger partial charge < -0.3 is 9.84 Å². The van der Waals surface area contributed by atoms with Crippen molar-refractivity contribution in [2.24, 2.45) is 5.41 Å². The second-order valence-corrected chi connectivity index (χ2v) is 6.16. The Hall–Kier alpha value is -2.21. The van der Waals surface area contributed by atoms with Gasteiger partial charge >= 0.3 is 0 Å². The van der Waals surface area contributed by atoms with Crippen LogP contribution in [0.2, 0.25) is 0 Å². The number of hydrogen-bond donors (Lipinski definition) is 1. The highest BCUT2D eigenvalue weighted by Crippen LogP contribution is 2.48. The Morgan fingerprint density at radius 1 is 1.38 bits per heavy atom. The zero-order chi connectivity index (χ0) is 15.3. The third kappa shape index (κ3) is 1.86. The summed E-state index contributed by atoms with van der Waals surface area (Å²) < 4.78 is 7.20. The lowest BCUT2D eigenvalue weighted by Crippen LogP contribution is -2.53. The molecule has 0 radical (unpaired) electrons. The second kappa shape index (κ2) is 4.39. The van der Waals surface area contributed by atoms with Crippen molar-refractivity contribution in [3.05, 3.63) is 42.5 Å². The largest absolute Gasteiger partial charge is 0.455 e. The van der Waals surface area contributed by atoms with Crippen LogP contribution in [0.4, 0.5) is 0 Å². The number of rotatable bonds is 2. The number of ether oxygens (including phenoxy) is 1. The number of aliphatic hydroxyl groups is 1. The standard InChI is InChI=1S/C15H17N3O3/c1-14(2,3)13(20)15(18-9-16-8-17-18)12(19)10-6-4-5-7-11(10)21-15/h4-9,12,19H,1-3H3/t12-,15-/m0/s1. The van der Waals surface area contributed by atoms with E-state index < -0.39 is 17.2 Å². The normalized spacial score (nSPS) is 24.5. The number of aromatic nitrogens is 3. The predicted molar refractivity (Wildman–Crippen MR) is 74.5 cm³/mol. The number of aliphatic hydroxyl groups excluding tert-OH is 1. The van der Waals surface area contributed by atoms with Crippen LogP contribution in [0.5, 0.6) is 5.75 Å². The number of carbonyl (C=O) groups is 1. The summed E-state index contributed by atoms with van der Waals surface area (Å²) in [6.07, 6.45) is 1.57. The molecule has 6 nitrogen and oxygen atoms in total. The summed E-state index contributed by atoms with van der Waals surface area (Å²) in [6, 6.07) is 7.07. The van der Waals surface area contributed by atoms with E-state index >= 15 is 0 Å². The molecule has 110 valence electrons. The Balaban J connectivity index is 2.20. The van der Waals surface area contributed by atoms with Crippen molar-refractivity contribution >= 4 is 5.78 Å². The number of para-hydroxylation sites is 1. The van der Waals surface area contributed by atoms with Gasteiger partial charge in [-0.15, -0.1) is 0 Å². The lowest BCUT2D eigenvalue weighted by molar-refractivity contribution is -0.167. The van der Waals surface area contributed by atoms with Gasteiger partial charge in [-0.05, 0) is 6.07 Å². The zero-order valence-corrected chi connectivity index (χ0v) is 12.1. The van der Waals surface area contributed by atoms with Gasteiger partial charge in [0.05, 0.1) is 0 Å². The van der Waals surface area contributed by atoms with Crippen molar-refractivity contribution in [2.45, 2.75) is 32.6 Å². The maximum absolute atomic E-state index is 13.0. The monoisotopic (exact) mass is 287 g/mol. The Bertz CT molecular complexity index is 676. The molecule has 1 aromatic carbocycles. The molecular formula is C15H17N3O3. The van der Waals surface area contributed by atoms with Crippen LogP contribution < -0.4 is 4.74 Å². The van der Waals surface area contributed by atoms with E-state index in [9.17, 15) is 9.90 Å². The minimum Gasteiger partial charge on any atom is -0.455 e. The van der Waals surface area contributed by atoms with Gasteiger partial charge in [-0.1, -0.05) is 39.0 Å². The molecular weight excluding hydrogens is 270 g/mol. The summed E-state index contributed by atoms with van der Waals surface area (Å²) in [7, 11) is 0. The summed E-state index contributed by atoms with van der Waals surface area (Å²) in [6.45, 7) is 5.35. The van der Waals surface area contributed by atoms with Crippen LogP contribution in [-0.4, -0.2) is 25.7 Å². The Labute approximate surface area is 122 Å².